The van der Waals surface area contributed by atoms with Crippen molar-refractivity contribution >= 4 is 11.4 Å². The lowest BCUT2D eigenvalue weighted by atomic mass is 9.82. The first kappa shape index (κ1) is 13.3. The predicted octanol–water partition coefficient (Wildman–Crippen LogP) is 3.99. The zero-order valence-electron chi connectivity index (χ0n) is 11.9. The van der Waals surface area contributed by atoms with E-state index in [1.807, 2.05) is 0 Å². The van der Waals surface area contributed by atoms with E-state index in [4.69, 9.17) is 0 Å². The molecular weight excluding hydrogens is 220 g/mol. The molecule has 0 amide bonds. The van der Waals surface area contributed by atoms with Gasteiger partial charge in [0.05, 0.1) is 11.4 Å². The summed E-state index contributed by atoms with van der Waals surface area (Å²) in [4.78, 5) is 2.17. The summed E-state index contributed by atoms with van der Waals surface area (Å²) in [6.45, 7) is 3.51. The summed E-state index contributed by atoms with van der Waals surface area (Å²) in [6.07, 6.45) is 5.60. The van der Waals surface area contributed by atoms with E-state index in [1.165, 1.54) is 37.1 Å². The van der Waals surface area contributed by atoms with Crippen LogP contribution in [0.25, 0.3) is 0 Å². The fourth-order valence-corrected chi connectivity index (χ4v) is 3.01. The predicted molar refractivity (Wildman–Crippen MR) is 80.4 cm³/mol. The molecule has 0 radical (unpaired) electrons. The molecule has 0 saturated heterocycles. The summed E-state index contributed by atoms with van der Waals surface area (Å²) < 4.78 is 0. The summed E-state index contributed by atoms with van der Waals surface area (Å²) in [7, 11) is 4.20. The van der Waals surface area contributed by atoms with Crippen LogP contribution in [0, 0.1) is 11.8 Å². The highest BCUT2D eigenvalue weighted by atomic mass is 15.1. The Labute approximate surface area is 111 Å². The minimum atomic E-state index is 0.851. The van der Waals surface area contributed by atoms with Crippen molar-refractivity contribution in [2.45, 2.75) is 32.6 Å². The molecule has 1 aromatic carbocycles. The molecule has 2 heteroatoms. The van der Waals surface area contributed by atoms with Gasteiger partial charge in [0.15, 0.2) is 0 Å². The Hall–Kier alpha value is -1.18. The Balaban J connectivity index is 1.93. The van der Waals surface area contributed by atoms with Crippen molar-refractivity contribution in [3.05, 3.63) is 24.3 Å². The third-order valence-corrected chi connectivity index (χ3v) is 4.01. The molecule has 2 unspecified atom stereocenters. The van der Waals surface area contributed by atoms with E-state index < -0.39 is 0 Å². The van der Waals surface area contributed by atoms with Crippen molar-refractivity contribution in [1.82, 2.24) is 0 Å². The summed E-state index contributed by atoms with van der Waals surface area (Å²) in [5.41, 5.74) is 2.54. The number of rotatable bonds is 4. The van der Waals surface area contributed by atoms with Gasteiger partial charge in [0.25, 0.3) is 0 Å². The van der Waals surface area contributed by atoms with Gasteiger partial charge in [-0.05, 0) is 36.8 Å². The van der Waals surface area contributed by atoms with Crippen molar-refractivity contribution in [3.8, 4) is 0 Å². The summed E-state index contributed by atoms with van der Waals surface area (Å²) in [5, 5.41) is 3.64. The van der Waals surface area contributed by atoms with E-state index in [9.17, 15) is 0 Å². The van der Waals surface area contributed by atoms with Gasteiger partial charge >= 0.3 is 0 Å². The normalized spacial score (nSPS) is 23.7. The highest BCUT2D eigenvalue weighted by Crippen LogP contribution is 2.30. The van der Waals surface area contributed by atoms with Crippen molar-refractivity contribution in [3.63, 3.8) is 0 Å². The maximum atomic E-state index is 3.64. The van der Waals surface area contributed by atoms with Crippen LogP contribution in [0.2, 0.25) is 0 Å². The Kier molecular flexibility index (Phi) is 4.51. The SMILES string of the molecule is CC1CCCC(CNc2ccccc2N(C)C)C1. The van der Waals surface area contributed by atoms with Crippen LogP contribution in [0.4, 0.5) is 11.4 Å². The summed E-state index contributed by atoms with van der Waals surface area (Å²) in [6, 6.07) is 8.56. The second-order valence-electron chi connectivity index (χ2n) is 5.93. The second kappa shape index (κ2) is 6.12. The van der Waals surface area contributed by atoms with Crippen molar-refractivity contribution in [2.24, 2.45) is 11.8 Å². The van der Waals surface area contributed by atoms with Crippen molar-refractivity contribution in [1.29, 1.82) is 0 Å². The first-order valence-electron chi connectivity index (χ1n) is 7.17. The van der Waals surface area contributed by atoms with E-state index in [2.05, 4.69) is 55.5 Å². The van der Waals surface area contributed by atoms with E-state index >= 15 is 0 Å². The highest BCUT2D eigenvalue weighted by molar-refractivity contribution is 5.69. The molecule has 2 nitrogen and oxygen atoms in total. The highest BCUT2D eigenvalue weighted by Gasteiger charge is 2.18. The molecule has 1 saturated carbocycles. The minimum Gasteiger partial charge on any atom is -0.383 e. The maximum absolute atomic E-state index is 3.64. The van der Waals surface area contributed by atoms with Crippen LogP contribution >= 0.6 is 0 Å². The number of benzene rings is 1. The fraction of sp³-hybridized carbons (Fsp3) is 0.625. The first-order chi connectivity index (χ1) is 8.66. The quantitative estimate of drug-likeness (QED) is 0.864. The molecule has 18 heavy (non-hydrogen) atoms. The molecule has 1 N–H and O–H groups in total. The van der Waals surface area contributed by atoms with Crippen LogP contribution in [0.5, 0.6) is 0 Å². The topological polar surface area (TPSA) is 15.3 Å². The third-order valence-electron chi connectivity index (χ3n) is 4.01. The van der Waals surface area contributed by atoms with E-state index in [0.29, 0.717) is 0 Å². The zero-order chi connectivity index (χ0) is 13.0. The molecule has 0 aromatic heterocycles. The minimum absolute atomic E-state index is 0.851. The molecule has 1 fully saturated rings. The van der Waals surface area contributed by atoms with E-state index in [0.717, 1.165) is 18.4 Å². The number of hydrogen-bond donors (Lipinski definition) is 1. The fourth-order valence-electron chi connectivity index (χ4n) is 3.01. The molecule has 100 valence electrons. The largest absolute Gasteiger partial charge is 0.383 e. The van der Waals surface area contributed by atoms with Gasteiger partial charge in [-0.2, -0.15) is 0 Å². The van der Waals surface area contributed by atoms with Gasteiger partial charge in [-0.1, -0.05) is 31.9 Å². The third kappa shape index (κ3) is 3.41. The lowest BCUT2D eigenvalue weighted by Gasteiger charge is -2.28. The van der Waals surface area contributed by atoms with Gasteiger partial charge in [-0.15, -0.1) is 0 Å². The van der Waals surface area contributed by atoms with Crippen LogP contribution < -0.4 is 10.2 Å². The van der Waals surface area contributed by atoms with Crippen LogP contribution in [0.15, 0.2) is 24.3 Å². The van der Waals surface area contributed by atoms with Crippen LogP contribution in [0.1, 0.15) is 32.6 Å². The average molecular weight is 246 g/mol. The summed E-state index contributed by atoms with van der Waals surface area (Å²) >= 11 is 0. The number of para-hydroxylation sites is 2. The number of anilines is 2. The molecular formula is C16H26N2. The first-order valence-corrected chi connectivity index (χ1v) is 7.17. The summed E-state index contributed by atoms with van der Waals surface area (Å²) in [5.74, 6) is 1.76. The molecule has 1 aliphatic carbocycles. The van der Waals surface area contributed by atoms with Gasteiger partial charge in [0.1, 0.15) is 0 Å². The van der Waals surface area contributed by atoms with Crippen LogP contribution in [0.3, 0.4) is 0 Å². The molecule has 1 aromatic rings. The second-order valence-corrected chi connectivity index (χ2v) is 5.93. The standard InChI is InChI=1S/C16H26N2/c1-13-7-6-8-14(11-13)12-17-15-9-4-5-10-16(15)18(2)3/h4-5,9-10,13-14,17H,6-8,11-12H2,1-3H3. The molecule has 2 atom stereocenters. The maximum Gasteiger partial charge on any atom is 0.0596 e. The van der Waals surface area contributed by atoms with Gasteiger partial charge in [-0.25, -0.2) is 0 Å². The van der Waals surface area contributed by atoms with Gasteiger partial charge < -0.3 is 10.2 Å². The molecule has 0 aliphatic heterocycles. The van der Waals surface area contributed by atoms with Crippen LogP contribution in [-0.2, 0) is 0 Å². The molecule has 1 aliphatic rings. The van der Waals surface area contributed by atoms with E-state index in [1.54, 1.807) is 0 Å². The zero-order valence-corrected chi connectivity index (χ0v) is 11.9. The van der Waals surface area contributed by atoms with Gasteiger partial charge in [0.2, 0.25) is 0 Å². The van der Waals surface area contributed by atoms with E-state index in [-0.39, 0.29) is 0 Å². The average Bonchev–Trinajstić information content (AvgIpc) is 2.37. The Bertz CT molecular complexity index is 373. The number of hydrogen-bond acceptors (Lipinski definition) is 2. The van der Waals surface area contributed by atoms with Crippen molar-refractivity contribution < 1.29 is 0 Å². The van der Waals surface area contributed by atoms with Crippen molar-refractivity contribution in [2.75, 3.05) is 30.9 Å². The van der Waals surface area contributed by atoms with Gasteiger partial charge in [-0.3, -0.25) is 0 Å². The Morgan fingerprint density at radius 1 is 1.22 bits per heavy atom. The number of nitrogens with one attached hydrogen (secondary N) is 1. The lowest BCUT2D eigenvalue weighted by Crippen LogP contribution is -2.22. The van der Waals surface area contributed by atoms with Crippen LogP contribution in [-0.4, -0.2) is 20.6 Å². The molecule has 0 heterocycles. The molecule has 2 rings (SSSR count). The Morgan fingerprint density at radius 3 is 2.72 bits per heavy atom. The van der Waals surface area contributed by atoms with Gasteiger partial charge in [0, 0.05) is 20.6 Å². The lowest BCUT2D eigenvalue weighted by molar-refractivity contribution is 0.293. The monoisotopic (exact) mass is 246 g/mol. The Morgan fingerprint density at radius 2 is 2.00 bits per heavy atom. The smallest absolute Gasteiger partial charge is 0.0596 e. The number of nitrogens with zero attached hydrogens (tertiary/aromatic N) is 1. The molecule has 0 bridgehead atoms. The molecule has 0 spiro atoms.